The molecule has 0 aromatic carbocycles. The Morgan fingerprint density at radius 1 is 1.06 bits per heavy atom. The van der Waals surface area contributed by atoms with Gasteiger partial charge in [0.05, 0.1) is 0 Å². The highest BCUT2D eigenvalue weighted by Crippen LogP contribution is 2.24. The molecule has 94 valence electrons. The van der Waals surface area contributed by atoms with Gasteiger partial charge in [0.1, 0.15) is 18.0 Å². The van der Waals surface area contributed by atoms with Crippen LogP contribution in [0.25, 0.3) is 0 Å². The van der Waals surface area contributed by atoms with Crippen molar-refractivity contribution in [2.45, 2.75) is 31.3 Å². The molecule has 1 aliphatic carbocycles. The maximum atomic E-state index is 4.24. The quantitative estimate of drug-likeness (QED) is 0.756. The predicted octanol–water partition coefficient (Wildman–Crippen LogP) is 1.25. The van der Waals surface area contributed by atoms with Crippen LogP contribution in [0.5, 0.6) is 0 Å². The summed E-state index contributed by atoms with van der Waals surface area (Å²) in [5, 5.41) is 10.1. The number of rotatable bonds is 4. The normalized spacial score (nSPS) is 22.9. The van der Waals surface area contributed by atoms with Gasteiger partial charge >= 0.3 is 0 Å². The molecule has 6 heteroatoms. The Labute approximate surface area is 107 Å². The molecule has 2 heterocycles. The van der Waals surface area contributed by atoms with E-state index in [2.05, 4.69) is 25.9 Å². The number of hydrogen-bond acceptors (Lipinski definition) is 5. The van der Waals surface area contributed by atoms with Crippen molar-refractivity contribution in [1.82, 2.24) is 15.3 Å². The van der Waals surface area contributed by atoms with Crippen molar-refractivity contribution < 1.29 is 0 Å². The predicted molar refractivity (Wildman–Crippen MR) is 70.8 cm³/mol. The van der Waals surface area contributed by atoms with Crippen LogP contribution in [0.3, 0.4) is 0 Å². The van der Waals surface area contributed by atoms with Gasteiger partial charge in [-0.2, -0.15) is 0 Å². The molecule has 3 rings (SSSR count). The van der Waals surface area contributed by atoms with Crippen LogP contribution in [0, 0.1) is 0 Å². The standard InChI is InChI=1S/C11H17N5.ClH/c1-2-8(1)15-10-5-11(14-7-13-10)16-9-3-4-12-6-9;/h5,7-9,12H,1-4,6H2,(H2,13,14,15,16);1H/t9-;/m0./s1. The van der Waals surface area contributed by atoms with Crippen molar-refractivity contribution in [1.29, 1.82) is 0 Å². The van der Waals surface area contributed by atoms with Gasteiger partial charge in [-0.15, -0.1) is 12.4 Å². The molecule has 2 fully saturated rings. The minimum absolute atomic E-state index is 0. The highest BCUT2D eigenvalue weighted by molar-refractivity contribution is 5.85. The van der Waals surface area contributed by atoms with Gasteiger partial charge in [0.25, 0.3) is 0 Å². The van der Waals surface area contributed by atoms with Gasteiger partial charge in [-0.1, -0.05) is 0 Å². The first-order valence-electron chi connectivity index (χ1n) is 5.96. The molecule has 1 aliphatic heterocycles. The Kier molecular flexibility index (Phi) is 4.02. The second-order valence-electron chi connectivity index (χ2n) is 4.54. The molecule has 1 atom stereocenters. The van der Waals surface area contributed by atoms with Crippen molar-refractivity contribution in [3.05, 3.63) is 12.4 Å². The average molecular weight is 256 g/mol. The lowest BCUT2D eigenvalue weighted by Gasteiger charge is -2.12. The van der Waals surface area contributed by atoms with Crippen LogP contribution in [0.2, 0.25) is 0 Å². The van der Waals surface area contributed by atoms with Crippen LogP contribution in [0.4, 0.5) is 11.6 Å². The number of aromatic nitrogens is 2. The van der Waals surface area contributed by atoms with E-state index in [-0.39, 0.29) is 12.4 Å². The first kappa shape index (κ1) is 12.4. The first-order valence-corrected chi connectivity index (χ1v) is 5.96. The van der Waals surface area contributed by atoms with E-state index in [1.807, 2.05) is 6.07 Å². The summed E-state index contributed by atoms with van der Waals surface area (Å²) >= 11 is 0. The van der Waals surface area contributed by atoms with Crippen LogP contribution >= 0.6 is 12.4 Å². The number of nitrogens with zero attached hydrogens (tertiary/aromatic N) is 2. The maximum absolute atomic E-state index is 4.24. The fourth-order valence-corrected chi connectivity index (χ4v) is 1.94. The number of anilines is 2. The van der Waals surface area contributed by atoms with Gasteiger partial charge < -0.3 is 16.0 Å². The van der Waals surface area contributed by atoms with Crippen molar-refractivity contribution in [2.75, 3.05) is 23.7 Å². The Morgan fingerprint density at radius 2 is 1.76 bits per heavy atom. The van der Waals surface area contributed by atoms with E-state index in [0.29, 0.717) is 12.1 Å². The molecule has 1 aromatic rings. The molecule has 17 heavy (non-hydrogen) atoms. The fourth-order valence-electron chi connectivity index (χ4n) is 1.94. The molecule has 0 bridgehead atoms. The van der Waals surface area contributed by atoms with Gasteiger partial charge in [-0.05, 0) is 25.8 Å². The van der Waals surface area contributed by atoms with E-state index in [9.17, 15) is 0 Å². The fraction of sp³-hybridized carbons (Fsp3) is 0.636. The number of hydrogen-bond donors (Lipinski definition) is 3. The Bertz CT molecular complexity index is 363. The summed E-state index contributed by atoms with van der Waals surface area (Å²) in [5.74, 6) is 1.86. The van der Waals surface area contributed by atoms with Crippen LogP contribution < -0.4 is 16.0 Å². The van der Waals surface area contributed by atoms with Crippen molar-refractivity contribution in [2.24, 2.45) is 0 Å². The summed E-state index contributed by atoms with van der Waals surface area (Å²) in [6.45, 7) is 2.12. The van der Waals surface area contributed by atoms with Crippen LogP contribution in [0.15, 0.2) is 12.4 Å². The van der Waals surface area contributed by atoms with Crippen molar-refractivity contribution in [3.63, 3.8) is 0 Å². The molecule has 0 unspecified atom stereocenters. The highest BCUT2D eigenvalue weighted by Gasteiger charge is 2.21. The third-order valence-electron chi connectivity index (χ3n) is 3.01. The SMILES string of the molecule is Cl.c1nc(NC2CC2)cc(N[C@H]2CCNC2)n1. The summed E-state index contributed by atoms with van der Waals surface area (Å²) in [5.41, 5.74) is 0. The monoisotopic (exact) mass is 255 g/mol. The van der Waals surface area contributed by atoms with Crippen LogP contribution in [-0.2, 0) is 0 Å². The molecule has 1 aromatic heterocycles. The molecule has 1 saturated carbocycles. The topological polar surface area (TPSA) is 61.9 Å². The molecule has 1 saturated heterocycles. The zero-order valence-corrected chi connectivity index (χ0v) is 10.5. The van der Waals surface area contributed by atoms with Crippen LogP contribution in [0.1, 0.15) is 19.3 Å². The molecule has 0 amide bonds. The molecular weight excluding hydrogens is 238 g/mol. The molecule has 0 spiro atoms. The zero-order chi connectivity index (χ0) is 10.8. The Balaban J connectivity index is 0.00000108. The van der Waals surface area contributed by atoms with E-state index in [1.165, 1.54) is 12.8 Å². The van der Waals surface area contributed by atoms with Crippen LogP contribution in [-0.4, -0.2) is 35.1 Å². The smallest absolute Gasteiger partial charge is 0.131 e. The van der Waals surface area contributed by atoms with Gasteiger partial charge in [0.2, 0.25) is 0 Å². The second-order valence-corrected chi connectivity index (χ2v) is 4.54. The molecule has 0 radical (unpaired) electrons. The lowest BCUT2D eigenvalue weighted by molar-refractivity contribution is 0.787. The van der Waals surface area contributed by atoms with Gasteiger partial charge in [-0.25, -0.2) is 9.97 Å². The first-order chi connectivity index (χ1) is 7.90. The lowest BCUT2D eigenvalue weighted by atomic mass is 10.2. The molecular formula is C11H18ClN5. The molecule has 5 nitrogen and oxygen atoms in total. The Hall–Kier alpha value is -1.07. The third kappa shape index (κ3) is 3.44. The Morgan fingerprint density at radius 3 is 2.35 bits per heavy atom. The number of nitrogens with one attached hydrogen (secondary N) is 3. The van der Waals surface area contributed by atoms with E-state index in [1.54, 1.807) is 6.33 Å². The highest BCUT2D eigenvalue weighted by atomic mass is 35.5. The van der Waals surface area contributed by atoms with E-state index in [0.717, 1.165) is 31.1 Å². The lowest BCUT2D eigenvalue weighted by Crippen LogP contribution is -2.22. The summed E-state index contributed by atoms with van der Waals surface area (Å²) in [7, 11) is 0. The maximum Gasteiger partial charge on any atom is 0.131 e. The molecule has 3 N–H and O–H groups in total. The minimum Gasteiger partial charge on any atom is -0.367 e. The summed E-state index contributed by atoms with van der Waals surface area (Å²) < 4.78 is 0. The van der Waals surface area contributed by atoms with Gasteiger partial charge in [0, 0.05) is 24.7 Å². The summed E-state index contributed by atoms with van der Waals surface area (Å²) in [6, 6.07) is 3.14. The average Bonchev–Trinajstić information content (AvgIpc) is 2.94. The number of halogens is 1. The van der Waals surface area contributed by atoms with E-state index in [4.69, 9.17) is 0 Å². The largest absolute Gasteiger partial charge is 0.367 e. The van der Waals surface area contributed by atoms with Gasteiger partial charge in [-0.3, -0.25) is 0 Å². The van der Waals surface area contributed by atoms with Crippen molar-refractivity contribution in [3.8, 4) is 0 Å². The molecule has 2 aliphatic rings. The summed E-state index contributed by atoms with van der Waals surface area (Å²) in [4.78, 5) is 8.46. The third-order valence-corrected chi connectivity index (χ3v) is 3.01. The van der Waals surface area contributed by atoms with Crippen molar-refractivity contribution >= 4 is 24.0 Å². The second kappa shape index (κ2) is 5.51. The minimum atomic E-state index is 0. The summed E-state index contributed by atoms with van der Waals surface area (Å²) in [6.07, 6.45) is 5.31. The van der Waals surface area contributed by atoms with E-state index >= 15 is 0 Å². The van der Waals surface area contributed by atoms with Gasteiger partial charge in [0.15, 0.2) is 0 Å². The zero-order valence-electron chi connectivity index (χ0n) is 9.65. The van der Waals surface area contributed by atoms with E-state index < -0.39 is 0 Å².